The first-order valence-corrected chi connectivity index (χ1v) is 44.3. The number of hydrogen-bond acceptors (Lipinski definition) is 15. The molecule has 0 saturated carbocycles. The second kappa shape index (κ2) is 73.4. The number of carbonyl (C=O) groups excluding carboxylic acids is 4. The molecule has 0 aromatic rings. The first-order valence-electron chi connectivity index (χ1n) is 41.3. The highest BCUT2D eigenvalue weighted by Crippen LogP contribution is 2.45. The highest BCUT2D eigenvalue weighted by molar-refractivity contribution is 7.47. The molecule has 582 valence electrons. The zero-order chi connectivity index (χ0) is 71.8. The summed E-state index contributed by atoms with van der Waals surface area (Å²) in [5, 5.41) is 10.6. The largest absolute Gasteiger partial charge is 0.472 e. The van der Waals surface area contributed by atoms with Crippen molar-refractivity contribution in [1.29, 1.82) is 0 Å². The molecule has 0 heterocycles. The molecule has 0 amide bonds. The Balaban J connectivity index is 5.23. The third-order valence-corrected chi connectivity index (χ3v) is 20.5. The van der Waals surface area contributed by atoms with Crippen LogP contribution < -0.4 is 0 Å². The van der Waals surface area contributed by atoms with E-state index in [9.17, 15) is 43.2 Å². The van der Waals surface area contributed by atoms with Gasteiger partial charge in [0.1, 0.15) is 19.3 Å². The minimum absolute atomic E-state index is 0.108. The maximum absolute atomic E-state index is 13.1. The van der Waals surface area contributed by atoms with E-state index in [0.29, 0.717) is 25.7 Å². The first kappa shape index (κ1) is 96.1. The lowest BCUT2D eigenvalue weighted by atomic mass is 10.0. The maximum atomic E-state index is 13.1. The van der Waals surface area contributed by atoms with Crippen LogP contribution in [0.3, 0.4) is 0 Å². The zero-order valence-corrected chi connectivity index (χ0v) is 65.6. The third kappa shape index (κ3) is 72.4. The highest BCUT2D eigenvalue weighted by Gasteiger charge is 2.30. The van der Waals surface area contributed by atoms with Gasteiger partial charge in [0, 0.05) is 25.7 Å². The average Bonchev–Trinajstić information content (AvgIpc) is 3.03. The van der Waals surface area contributed by atoms with E-state index in [0.717, 1.165) is 89.9 Å². The normalized spacial score (nSPS) is 13.8. The summed E-state index contributed by atoms with van der Waals surface area (Å²) in [7, 11) is -9.91. The van der Waals surface area contributed by atoms with Crippen LogP contribution in [0.2, 0.25) is 0 Å². The van der Waals surface area contributed by atoms with Crippen molar-refractivity contribution in [3.63, 3.8) is 0 Å². The summed E-state index contributed by atoms with van der Waals surface area (Å²) in [6, 6.07) is 0. The second-order valence-corrected chi connectivity index (χ2v) is 31.4. The molecule has 0 saturated heterocycles. The SMILES string of the molecule is CCCCCCCCCCCCCCCCCCCCCC(=O)O[C@H](COC(=O)CCCCCCCCCCCCCCCCCC)COP(=O)(O)OC[C@@H](O)COP(=O)(O)OC[C@@H](COC(=O)CCCCCCCCCCCC)OC(=O)CCCCCCCCCCCCCCC. The van der Waals surface area contributed by atoms with E-state index in [2.05, 4.69) is 27.7 Å². The van der Waals surface area contributed by atoms with Crippen molar-refractivity contribution in [2.24, 2.45) is 0 Å². The molecule has 0 aliphatic rings. The molecular formula is C79H154O17P2. The van der Waals surface area contributed by atoms with E-state index in [1.807, 2.05) is 0 Å². The van der Waals surface area contributed by atoms with Crippen LogP contribution in [0.1, 0.15) is 426 Å². The first-order chi connectivity index (χ1) is 47.7. The van der Waals surface area contributed by atoms with Gasteiger partial charge in [0.25, 0.3) is 0 Å². The Morgan fingerprint density at radius 1 is 0.245 bits per heavy atom. The molecule has 0 rings (SSSR count). The molecule has 98 heavy (non-hydrogen) atoms. The quantitative estimate of drug-likeness (QED) is 0.0222. The van der Waals surface area contributed by atoms with Gasteiger partial charge in [0.15, 0.2) is 12.2 Å². The van der Waals surface area contributed by atoms with Crippen LogP contribution in [0.15, 0.2) is 0 Å². The molecule has 5 atom stereocenters. The molecule has 0 radical (unpaired) electrons. The van der Waals surface area contributed by atoms with Crippen molar-refractivity contribution >= 4 is 39.5 Å². The van der Waals surface area contributed by atoms with Crippen LogP contribution in [0.5, 0.6) is 0 Å². The predicted molar refractivity (Wildman–Crippen MR) is 400 cm³/mol. The number of esters is 4. The molecule has 0 aromatic heterocycles. The molecule has 0 aromatic carbocycles. The van der Waals surface area contributed by atoms with Gasteiger partial charge in [-0.05, 0) is 25.7 Å². The number of hydrogen-bond donors (Lipinski definition) is 3. The predicted octanol–water partition coefficient (Wildman–Crippen LogP) is 23.8. The number of phosphoric ester groups is 2. The Morgan fingerprint density at radius 3 is 0.602 bits per heavy atom. The molecule has 2 unspecified atom stereocenters. The Bertz CT molecular complexity index is 1860. The standard InChI is InChI=1S/C79H154O17P2/c1-5-9-13-17-21-25-29-32-34-36-37-38-40-43-46-50-54-58-62-66-79(84)96-75(70-90-77(82)64-60-56-52-48-44-42-39-35-33-30-26-22-18-14-10-6-2)72-94-98(87,88)92-68-73(80)67-91-97(85,86)93-71-74(69-89-76(81)63-59-55-51-47-28-24-20-16-12-8-4)95-78(83)65-61-57-53-49-45-41-31-27-23-19-15-11-7-3/h73-75,80H,5-72H2,1-4H3,(H,85,86)(H,87,88)/t73-,74+,75+/m0/s1. The Morgan fingerprint density at radius 2 is 0.408 bits per heavy atom. The Labute approximate surface area is 600 Å². The number of carbonyl (C=O) groups is 4. The van der Waals surface area contributed by atoms with E-state index >= 15 is 0 Å². The molecule has 0 aliphatic carbocycles. The van der Waals surface area contributed by atoms with Crippen LogP contribution >= 0.6 is 15.6 Å². The fraction of sp³-hybridized carbons (Fsp3) is 0.949. The van der Waals surface area contributed by atoms with E-state index < -0.39 is 97.5 Å². The van der Waals surface area contributed by atoms with Gasteiger partial charge < -0.3 is 33.8 Å². The van der Waals surface area contributed by atoms with E-state index in [1.54, 1.807) is 0 Å². The lowest BCUT2D eigenvalue weighted by Crippen LogP contribution is -2.30. The molecule has 3 N–H and O–H groups in total. The molecule has 0 spiro atoms. The summed E-state index contributed by atoms with van der Waals surface area (Å²) >= 11 is 0. The van der Waals surface area contributed by atoms with Crippen molar-refractivity contribution < 1.29 is 80.2 Å². The summed E-state index contributed by atoms with van der Waals surface area (Å²) in [4.78, 5) is 72.9. The lowest BCUT2D eigenvalue weighted by molar-refractivity contribution is -0.161. The van der Waals surface area contributed by atoms with E-state index in [4.69, 9.17) is 37.0 Å². The summed E-state index contributed by atoms with van der Waals surface area (Å²) in [6.07, 6.45) is 65.1. The Kier molecular flexibility index (Phi) is 71.9. The van der Waals surface area contributed by atoms with Crippen molar-refractivity contribution in [3.8, 4) is 0 Å². The summed E-state index contributed by atoms with van der Waals surface area (Å²) < 4.78 is 68.6. The zero-order valence-electron chi connectivity index (χ0n) is 63.8. The number of ether oxygens (including phenoxy) is 4. The van der Waals surface area contributed by atoms with Crippen molar-refractivity contribution in [2.75, 3.05) is 39.6 Å². The number of phosphoric acid groups is 2. The fourth-order valence-corrected chi connectivity index (χ4v) is 13.9. The van der Waals surface area contributed by atoms with Gasteiger partial charge in [-0.2, -0.15) is 0 Å². The van der Waals surface area contributed by atoms with Gasteiger partial charge in [0.05, 0.1) is 26.4 Å². The van der Waals surface area contributed by atoms with Crippen molar-refractivity contribution in [3.05, 3.63) is 0 Å². The van der Waals surface area contributed by atoms with Gasteiger partial charge in [-0.15, -0.1) is 0 Å². The smallest absolute Gasteiger partial charge is 0.462 e. The van der Waals surface area contributed by atoms with Crippen LogP contribution in [0.4, 0.5) is 0 Å². The van der Waals surface area contributed by atoms with Crippen LogP contribution in [0.25, 0.3) is 0 Å². The van der Waals surface area contributed by atoms with Crippen molar-refractivity contribution in [2.45, 2.75) is 444 Å². The topological polar surface area (TPSA) is 237 Å². The second-order valence-electron chi connectivity index (χ2n) is 28.5. The summed E-state index contributed by atoms with van der Waals surface area (Å²) in [5.74, 6) is -2.11. The van der Waals surface area contributed by atoms with Crippen LogP contribution in [-0.4, -0.2) is 96.7 Å². The van der Waals surface area contributed by atoms with Crippen LogP contribution in [-0.2, 0) is 65.4 Å². The molecule has 17 nitrogen and oxygen atoms in total. The molecule has 19 heteroatoms. The minimum atomic E-state index is -4.96. The van der Waals surface area contributed by atoms with Gasteiger partial charge in [-0.3, -0.25) is 37.3 Å². The van der Waals surface area contributed by atoms with E-state index in [-0.39, 0.29) is 25.7 Å². The van der Waals surface area contributed by atoms with Gasteiger partial charge in [-0.1, -0.05) is 374 Å². The average molecular weight is 1440 g/mol. The van der Waals surface area contributed by atoms with E-state index in [1.165, 1.54) is 257 Å². The number of aliphatic hydroxyl groups is 1. The number of unbranched alkanes of at least 4 members (excludes halogenated alkanes) is 54. The number of aliphatic hydroxyl groups excluding tert-OH is 1. The van der Waals surface area contributed by atoms with Gasteiger partial charge in [0.2, 0.25) is 0 Å². The van der Waals surface area contributed by atoms with Gasteiger partial charge >= 0.3 is 39.5 Å². The molecule has 0 fully saturated rings. The molecule has 0 bridgehead atoms. The van der Waals surface area contributed by atoms with Crippen LogP contribution in [0, 0.1) is 0 Å². The number of rotatable bonds is 80. The minimum Gasteiger partial charge on any atom is -0.462 e. The summed E-state index contributed by atoms with van der Waals surface area (Å²) in [6.45, 7) is 5.01. The molecule has 0 aliphatic heterocycles. The van der Waals surface area contributed by atoms with Gasteiger partial charge in [-0.25, -0.2) is 9.13 Å². The Hall–Kier alpha value is -1.94. The molecular weight excluding hydrogens is 1280 g/mol. The van der Waals surface area contributed by atoms with Crippen molar-refractivity contribution in [1.82, 2.24) is 0 Å². The highest BCUT2D eigenvalue weighted by atomic mass is 31.2. The summed E-state index contributed by atoms with van der Waals surface area (Å²) in [5.41, 5.74) is 0. The third-order valence-electron chi connectivity index (χ3n) is 18.6. The maximum Gasteiger partial charge on any atom is 0.472 e. The monoisotopic (exact) mass is 1440 g/mol. The fourth-order valence-electron chi connectivity index (χ4n) is 12.3. The lowest BCUT2D eigenvalue weighted by Gasteiger charge is -2.21.